The minimum Gasteiger partial charge on any atom is -0.490 e. The van der Waals surface area contributed by atoms with E-state index in [4.69, 9.17) is 4.74 Å². The van der Waals surface area contributed by atoms with Gasteiger partial charge >= 0.3 is 0 Å². The average Bonchev–Trinajstić information content (AvgIpc) is 2.40. The summed E-state index contributed by atoms with van der Waals surface area (Å²) in [7, 11) is 1.98. The highest BCUT2D eigenvalue weighted by Gasteiger charge is 2.14. The van der Waals surface area contributed by atoms with Crippen molar-refractivity contribution in [3.05, 3.63) is 29.8 Å². The molecule has 17 heavy (non-hydrogen) atoms. The van der Waals surface area contributed by atoms with Gasteiger partial charge in [0.15, 0.2) is 0 Å². The van der Waals surface area contributed by atoms with Crippen LogP contribution in [0.5, 0.6) is 5.75 Å². The number of hydrogen-bond acceptors (Lipinski definition) is 2. The molecule has 1 fully saturated rings. The van der Waals surface area contributed by atoms with Crippen molar-refractivity contribution in [3.63, 3.8) is 0 Å². The topological polar surface area (TPSA) is 21.3 Å². The average molecular weight is 233 g/mol. The van der Waals surface area contributed by atoms with E-state index in [1.54, 1.807) is 0 Å². The second-order valence-corrected chi connectivity index (χ2v) is 4.96. The molecule has 94 valence electrons. The molecule has 1 aromatic rings. The van der Waals surface area contributed by atoms with Crippen molar-refractivity contribution in [1.29, 1.82) is 0 Å². The fourth-order valence-electron chi connectivity index (χ4n) is 2.38. The molecule has 1 N–H and O–H groups in total. The molecule has 0 aliphatic heterocycles. The molecule has 1 saturated carbocycles. The normalized spacial score (nSPS) is 18.9. The van der Waals surface area contributed by atoms with Crippen LogP contribution >= 0.6 is 0 Å². The Morgan fingerprint density at radius 1 is 1.12 bits per heavy atom. The van der Waals surface area contributed by atoms with E-state index in [-0.39, 0.29) is 0 Å². The van der Waals surface area contributed by atoms with Crippen LogP contribution in [-0.2, 0) is 0 Å². The van der Waals surface area contributed by atoms with Gasteiger partial charge in [-0.25, -0.2) is 0 Å². The first kappa shape index (κ1) is 12.4. The molecule has 0 bridgehead atoms. The van der Waals surface area contributed by atoms with Gasteiger partial charge in [0.25, 0.3) is 0 Å². The maximum Gasteiger partial charge on any atom is 0.119 e. The van der Waals surface area contributed by atoms with Gasteiger partial charge in [-0.05, 0) is 57.4 Å². The molecule has 0 radical (unpaired) electrons. The molecule has 0 spiro atoms. The standard InChI is InChI=1S/C15H23NO/c1-12(16-2)13-8-10-15(11-9-13)17-14-6-4-3-5-7-14/h8-12,14,16H,3-7H2,1-2H3. The highest BCUT2D eigenvalue weighted by molar-refractivity contribution is 5.29. The Morgan fingerprint density at radius 2 is 1.76 bits per heavy atom. The number of ether oxygens (including phenoxy) is 1. The van der Waals surface area contributed by atoms with E-state index in [1.165, 1.54) is 37.7 Å². The van der Waals surface area contributed by atoms with Gasteiger partial charge in [-0.15, -0.1) is 0 Å². The van der Waals surface area contributed by atoms with Crippen LogP contribution in [0.25, 0.3) is 0 Å². The van der Waals surface area contributed by atoms with Gasteiger partial charge < -0.3 is 10.1 Å². The third-order valence-electron chi connectivity index (χ3n) is 3.67. The molecule has 2 rings (SSSR count). The predicted molar refractivity (Wildman–Crippen MR) is 71.4 cm³/mol. The lowest BCUT2D eigenvalue weighted by Gasteiger charge is -2.23. The van der Waals surface area contributed by atoms with E-state index >= 15 is 0 Å². The molecule has 1 atom stereocenters. The zero-order valence-electron chi connectivity index (χ0n) is 10.9. The number of benzene rings is 1. The van der Waals surface area contributed by atoms with Crippen molar-refractivity contribution in [1.82, 2.24) is 5.32 Å². The smallest absolute Gasteiger partial charge is 0.119 e. The van der Waals surface area contributed by atoms with Gasteiger partial charge in [0.2, 0.25) is 0 Å². The fourth-order valence-corrected chi connectivity index (χ4v) is 2.38. The number of rotatable bonds is 4. The van der Waals surface area contributed by atoms with Gasteiger partial charge in [0, 0.05) is 6.04 Å². The minimum atomic E-state index is 0.402. The summed E-state index contributed by atoms with van der Waals surface area (Å²) in [4.78, 5) is 0. The van der Waals surface area contributed by atoms with Crippen LogP contribution in [0, 0.1) is 0 Å². The van der Waals surface area contributed by atoms with E-state index in [0.717, 1.165) is 5.75 Å². The van der Waals surface area contributed by atoms with Gasteiger partial charge in [-0.1, -0.05) is 18.6 Å². The van der Waals surface area contributed by atoms with Gasteiger partial charge in [-0.2, -0.15) is 0 Å². The van der Waals surface area contributed by atoms with Crippen molar-refractivity contribution in [3.8, 4) is 5.75 Å². The first-order valence-corrected chi connectivity index (χ1v) is 6.73. The lowest BCUT2D eigenvalue weighted by molar-refractivity contribution is 0.155. The van der Waals surface area contributed by atoms with Crippen molar-refractivity contribution in [2.75, 3.05) is 7.05 Å². The zero-order valence-corrected chi connectivity index (χ0v) is 10.9. The van der Waals surface area contributed by atoms with Crippen LogP contribution < -0.4 is 10.1 Å². The van der Waals surface area contributed by atoms with Gasteiger partial charge in [-0.3, -0.25) is 0 Å². The van der Waals surface area contributed by atoms with Crippen LogP contribution in [-0.4, -0.2) is 13.2 Å². The third kappa shape index (κ3) is 3.47. The summed E-state index contributed by atoms with van der Waals surface area (Å²) < 4.78 is 6.00. The van der Waals surface area contributed by atoms with Gasteiger partial charge in [0.05, 0.1) is 6.10 Å². The summed E-state index contributed by atoms with van der Waals surface area (Å²) in [5.74, 6) is 1.02. The van der Waals surface area contributed by atoms with Crippen molar-refractivity contribution < 1.29 is 4.74 Å². The Morgan fingerprint density at radius 3 is 2.35 bits per heavy atom. The third-order valence-corrected chi connectivity index (χ3v) is 3.67. The molecule has 1 unspecified atom stereocenters. The molecule has 0 heterocycles. The molecule has 2 heteroatoms. The molecule has 1 aromatic carbocycles. The Kier molecular flexibility index (Phi) is 4.43. The highest BCUT2D eigenvalue weighted by Crippen LogP contribution is 2.24. The molecule has 0 saturated heterocycles. The maximum absolute atomic E-state index is 6.00. The SMILES string of the molecule is CNC(C)c1ccc(OC2CCCCC2)cc1. The lowest BCUT2D eigenvalue weighted by Crippen LogP contribution is -2.19. The molecule has 1 aliphatic carbocycles. The van der Waals surface area contributed by atoms with E-state index in [0.29, 0.717) is 12.1 Å². The fraction of sp³-hybridized carbons (Fsp3) is 0.600. The molecular weight excluding hydrogens is 210 g/mol. The summed E-state index contributed by atoms with van der Waals surface area (Å²) in [5.41, 5.74) is 1.31. The quantitative estimate of drug-likeness (QED) is 0.856. The van der Waals surface area contributed by atoms with Crippen LogP contribution in [0.1, 0.15) is 50.6 Å². The van der Waals surface area contributed by atoms with Crippen LogP contribution in [0.15, 0.2) is 24.3 Å². The molecule has 1 aliphatic rings. The summed E-state index contributed by atoms with van der Waals surface area (Å²) in [6, 6.07) is 8.90. The zero-order chi connectivity index (χ0) is 12.1. The summed E-state index contributed by atoms with van der Waals surface area (Å²) >= 11 is 0. The monoisotopic (exact) mass is 233 g/mol. The molecule has 2 nitrogen and oxygen atoms in total. The van der Waals surface area contributed by atoms with E-state index in [1.807, 2.05) is 7.05 Å². The van der Waals surface area contributed by atoms with Gasteiger partial charge in [0.1, 0.15) is 5.75 Å². The van der Waals surface area contributed by atoms with Crippen molar-refractivity contribution >= 4 is 0 Å². The Labute approximate surface area is 104 Å². The second kappa shape index (κ2) is 6.06. The first-order chi connectivity index (χ1) is 8.29. The maximum atomic E-state index is 6.00. The second-order valence-electron chi connectivity index (χ2n) is 4.96. The molecular formula is C15H23NO. The van der Waals surface area contributed by atoms with E-state index in [9.17, 15) is 0 Å². The Bertz CT molecular complexity index is 327. The minimum absolute atomic E-state index is 0.402. The molecule has 0 amide bonds. The molecule has 0 aromatic heterocycles. The van der Waals surface area contributed by atoms with Crippen LogP contribution in [0.2, 0.25) is 0 Å². The lowest BCUT2D eigenvalue weighted by atomic mass is 9.98. The largest absolute Gasteiger partial charge is 0.490 e. The van der Waals surface area contributed by atoms with Crippen molar-refractivity contribution in [2.45, 2.75) is 51.2 Å². The van der Waals surface area contributed by atoms with E-state index < -0.39 is 0 Å². The van der Waals surface area contributed by atoms with Crippen LogP contribution in [0.3, 0.4) is 0 Å². The number of hydrogen-bond donors (Lipinski definition) is 1. The predicted octanol–water partition coefficient (Wildman–Crippen LogP) is 3.68. The Balaban J connectivity index is 1.93. The van der Waals surface area contributed by atoms with E-state index in [2.05, 4.69) is 36.5 Å². The van der Waals surface area contributed by atoms with Crippen molar-refractivity contribution in [2.24, 2.45) is 0 Å². The number of nitrogens with one attached hydrogen (secondary N) is 1. The summed E-state index contributed by atoms with van der Waals surface area (Å²) in [5, 5.41) is 3.24. The van der Waals surface area contributed by atoms with Crippen LogP contribution in [0.4, 0.5) is 0 Å². The Hall–Kier alpha value is -1.02. The summed E-state index contributed by atoms with van der Waals surface area (Å²) in [6.07, 6.45) is 6.89. The first-order valence-electron chi connectivity index (χ1n) is 6.73. The highest BCUT2D eigenvalue weighted by atomic mass is 16.5. The summed E-state index contributed by atoms with van der Waals surface area (Å²) in [6.45, 7) is 2.16.